The molecule has 2 N–H and O–H groups in total. The van der Waals surface area contributed by atoms with Crippen LogP contribution in [0.3, 0.4) is 0 Å². The summed E-state index contributed by atoms with van der Waals surface area (Å²) < 4.78 is 16.3. The van der Waals surface area contributed by atoms with E-state index in [1.54, 1.807) is 21.2 Å². The highest BCUT2D eigenvalue weighted by molar-refractivity contribution is 6.05. The average molecular weight is 489 g/mol. The fourth-order valence-electron chi connectivity index (χ4n) is 4.19. The van der Waals surface area contributed by atoms with Crippen LogP contribution in [0, 0.1) is 6.92 Å². The molecular formula is C25H36N4O6. The first-order chi connectivity index (χ1) is 16.7. The Kier molecular flexibility index (Phi) is 9.11. The lowest BCUT2D eigenvalue weighted by molar-refractivity contribution is -0.143. The number of methoxy groups -OCH3 is 1. The van der Waals surface area contributed by atoms with E-state index in [0.717, 1.165) is 43.0 Å². The number of allylic oxidation sites excluding steroid dienone is 2. The minimum Gasteiger partial charge on any atom is -0.496 e. The number of urea groups is 1. The monoisotopic (exact) mass is 488 g/mol. The van der Waals surface area contributed by atoms with E-state index in [9.17, 15) is 14.4 Å². The SMILES string of the molecule is COc1c(C)c2c(c(NC(=O)N(C)C)c1C/C=C(\C)CCC(=O)OCCN1CCNC1)C(=O)OC2. The number of hydrogen-bond acceptors (Lipinski definition) is 8. The summed E-state index contributed by atoms with van der Waals surface area (Å²) in [6.07, 6.45) is 3.24. The average Bonchev–Trinajstić information content (AvgIpc) is 3.48. The predicted molar refractivity (Wildman–Crippen MR) is 132 cm³/mol. The van der Waals surface area contributed by atoms with Crippen molar-refractivity contribution in [2.75, 3.05) is 59.4 Å². The summed E-state index contributed by atoms with van der Waals surface area (Å²) in [5.74, 6) is -0.0808. The van der Waals surface area contributed by atoms with Crippen LogP contribution in [0.15, 0.2) is 11.6 Å². The van der Waals surface area contributed by atoms with Gasteiger partial charge in [0.1, 0.15) is 19.0 Å². The number of amides is 2. The van der Waals surface area contributed by atoms with E-state index in [1.165, 1.54) is 4.90 Å². The number of esters is 2. The standard InChI is InChI=1S/C25H36N4O6/c1-16(7-9-20(30)34-13-12-29-11-10-26-15-29)6-8-18-22(27-25(32)28(3)4)21-19(14-35-24(21)31)17(2)23(18)33-5/h6,26H,7-15H2,1-5H3,(H,27,32)/b16-6+. The maximum atomic E-state index is 12.5. The molecule has 0 radical (unpaired) electrons. The van der Waals surface area contributed by atoms with Crippen LogP contribution in [0.4, 0.5) is 10.5 Å². The Hall–Kier alpha value is -3.11. The lowest BCUT2D eigenvalue weighted by Gasteiger charge is -2.21. The van der Waals surface area contributed by atoms with Crippen LogP contribution in [0.1, 0.15) is 46.8 Å². The lowest BCUT2D eigenvalue weighted by atomic mass is 9.93. The van der Waals surface area contributed by atoms with Gasteiger partial charge in [-0.05, 0) is 32.3 Å². The third kappa shape index (κ3) is 6.52. The molecule has 1 fully saturated rings. The molecule has 1 saturated heterocycles. The second-order valence-electron chi connectivity index (χ2n) is 9.02. The number of benzene rings is 1. The van der Waals surface area contributed by atoms with E-state index >= 15 is 0 Å². The van der Waals surface area contributed by atoms with Crippen LogP contribution in [0.2, 0.25) is 0 Å². The summed E-state index contributed by atoms with van der Waals surface area (Å²) in [5, 5.41) is 6.10. The van der Waals surface area contributed by atoms with Gasteiger partial charge in [0.25, 0.3) is 0 Å². The van der Waals surface area contributed by atoms with Gasteiger partial charge < -0.3 is 29.7 Å². The van der Waals surface area contributed by atoms with Crippen LogP contribution >= 0.6 is 0 Å². The van der Waals surface area contributed by atoms with Gasteiger partial charge in [-0.3, -0.25) is 9.69 Å². The molecule has 2 aliphatic heterocycles. The quantitative estimate of drug-likeness (QED) is 0.382. The molecule has 2 amide bonds. The molecule has 1 aromatic carbocycles. The van der Waals surface area contributed by atoms with Crippen molar-refractivity contribution < 1.29 is 28.6 Å². The third-order valence-electron chi connectivity index (χ3n) is 6.30. The predicted octanol–water partition coefficient (Wildman–Crippen LogP) is 2.44. The summed E-state index contributed by atoms with van der Waals surface area (Å²) in [6, 6.07) is -0.354. The van der Waals surface area contributed by atoms with Crippen LogP contribution in [-0.4, -0.2) is 81.9 Å². The Labute approximate surface area is 206 Å². The molecule has 0 spiro atoms. The molecule has 0 unspecified atom stereocenters. The van der Waals surface area contributed by atoms with Gasteiger partial charge in [-0.2, -0.15) is 0 Å². The molecule has 10 nitrogen and oxygen atoms in total. The molecule has 0 atom stereocenters. The van der Waals surface area contributed by atoms with E-state index in [1.807, 2.05) is 19.9 Å². The van der Waals surface area contributed by atoms with Crippen molar-refractivity contribution in [3.8, 4) is 5.75 Å². The molecule has 1 aromatic rings. The molecule has 3 rings (SSSR count). The number of hydrogen-bond donors (Lipinski definition) is 2. The number of carbonyl (C=O) groups is 3. The summed E-state index contributed by atoms with van der Waals surface area (Å²) in [5.41, 5.74) is 4.00. The second kappa shape index (κ2) is 12.0. The highest BCUT2D eigenvalue weighted by atomic mass is 16.5. The summed E-state index contributed by atoms with van der Waals surface area (Å²) in [6.45, 7) is 7.86. The molecule has 10 heteroatoms. The van der Waals surface area contributed by atoms with Crippen molar-refractivity contribution in [1.29, 1.82) is 0 Å². The summed E-state index contributed by atoms with van der Waals surface area (Å²) in [4.78, 5) is 40.8. The van der Waals surface area contributed by atoms with Crippen molar-refractivity contribution in [3.63, 3.8) is 0 Å². The minimum absolute atomic E-state index is 0.146. The Balaban J connectivity index is 1.71. The maximum absolute atomic E-state index is 12.5. The molecule has 0 saturated carbocycles. The molecule has 35 heavy (non-hydrogen) atoms. The van der Waals surface area contributed by atoms with Gasteiger partial charge in [0.2, 0.25) is 0 Å². The summed E-state index contributed by atoms with van der Waals surface area (Å²) >= 11 is 0. The van der Waals surface area contributed by atoms with Crippen molar-refractivity contribution >= 4 is 23.7 Å². The minimum atomic E-state index is -0.464. The fourth-order valence-corrected chi connectivity index (χ4v) is 4.19. The normalized spacial score (nSPS) is 15.6. The Morgan fingerprint density at radius 3 is 2.71 bits per heavy atom. The topological polar surface area (TPSA) is 109 Å². The number of nitrogens with one attached hydrogen (secondary N) is 2. The van der Waals surface area contributed by atoms with Gasteiger partial charge in [0, 0.05) is 57.9 Å². The van der Waals surface area contributed by atoms with Gasteiger partial charge in [0.05, 0.1) is 18.4 Å². The van der Waals surface area contributed by atoms with E-state index in [2.05, 4.69) is 15.5 Å². The van der Waals surface area contributed by atoms with Crippen LogP contribution < -0.4 is 15.4 Å². The van der Waals surface area contributed by atoms with Gasteiger partial charge in [0.15, 0.2) is 0 Å². The first-order valence-electron chi connectivity index (χ1n) is 11.8. The van der Waals surface area contributed by atoms with Gasteiger partial charge in [-0.15, -0.1) is 0 Å². The lowest BCUT2D eigenvalue weighted by Crippen LogP contribution is -2.29. The van der Waals surface area contributed by atoms with E-state index in [-0.39, 0.29) is 25.0 Å². The molecular weight excluding hydrogens is 452 g/mol. The van der Waals surface area contributed by atoms with Crippen molar-refractivity contribution in [1.82, 2.24) is 15.1 Å². The molecule has 0 bridgehead atoms. The third-order valence-corrected chi connectivity index (χ3v) is 6.30. The number of ether oxygens (including phenoxy) is 3. The molecule has 192 valence electrons. The highest BCUT2D eigenvalue weighted by Crippen LogP contribution is 2.41. The smallest absolute Gasteiger partial charge is 0.341 e. The van der Waals surface area contributed by atoms with E-state index in [0.29, 0.717) is 42.0 Å². The van der Waals surface area contributed by atoms with Crippen molar-refractivity contribution in [2.45, 2.75) is 39.7 Å². The largest absolute Gasteiger partial charge is 0.496 e. The first-order valence-corrected chi connectivity index (χ1v) is 11.8. The Morgan fingerprint density at radius 2 is 2.06 bits per heavy atom. The zero-order chi connectivity index (χ0) is 25.5. The van der Waals surface area contributed by atoms with Gasteiger partial charge >= 0.3 is 18.0 Å². The maximum Gasteiger partial charge on any atom is 0.341 e. The Bertz CT molecular complexity index is 998. The number of cyclic esters (lactones) is 1. The molecule has 0 aliphatic carbocycles. The number of nitrogens with zero attached hydrogens (tertiary/aromatic N) is 2. The number of anilines is 1. The van der Waals surface area contributed by atoms with Crippen LogP contribution in [0.25, 0.3) is 0 Å². The highest BCUT2D eigenvalue weighted by Gasteiger charge is 2.32. The zero-order valence-corrected chi connectivity index (χ0v) is 21.3. The molecule has 0 aromatic heterocycles. The number of fused-ring (bicyclic) bond motifs is 1. The van der Waals surface area contributed by atoms with Crippen LogP contribution in [-0.2, 0) is 27.3 Å². The van der Waals surface area contributed by atoms with E-state index < -0.39 is 5.97 Å². The van der Waals surface area contributed by atoms with Gasteiger partial charge in [-0.1, -0.05) is 11.6 Å². The molecule has 2 heterocycles. The van der Waals surface area contributed by atoms with Crippen LogP contribution in [0.5, 0.6) is 5.75 Å². The second-order valence-corrected chi connectivity index (χ2v) is 9.02. The number of rotatable bonds is 10. The first kappa shape index (κ1) is 26.5. The zero-order valence-electron chi connectivity index (χ0n) is 21.3. The fraction of sp³-hybridized carbons (Fsp3) is 0.560. The van der Waals surface area contributed by atoms with E-state index in [4.69, 9.17) is 14.2 Å². The molecule has 2 aliphatic rings. The Morgan fingerprint density at radius 1 is 1.29 bits per heavy atom. The van der Waals surface area contributed by atoms with Gasteiger partial charge in [-0.25, -0.2) is 9.59 Å². The number of carbonyl (C=O) groups excluding carboxylic acids is 3. The van der Waals surface area contributed by atoms with Crippen molar-refractivity contribution in [2.24, 2.45) is 0 Å². The summed E-state index contributed by atoms with van der Waals surface area (Å²) in [7, 11) is 4.83. The van der Waals surface area contributed by atoms with Crippen molar-refractivity contribution in [3.05, 3.63) is 33.9 Å².